The first-order valence-electron chi connectivity index (χ1n) is 9.66. The Hall–Kier alpha value is -1.39. The number of benzene rings is 1. The van der Waals surface area contributed by atoms with Gasteiger partial charge >= 0.3 is 0 Å². The second-order valence-electron chi connectivity index (χ2n) is 7.33. The molecule has 1 aromatic rings. The molecule has 2 aliphatic heterocycles. The molecule has 1 atom stereocenters. The van der Waals surface area contributed by atoms with Crippen LogP contribution < -0.4 is 5.32 Å². The number of hydrogen-bond donors (Lipinski definition) is 1. The third kappa shape index (κ3) is 5.81. The van der Waals surface area contributed by atoms with Crippen molar-refractivity contribution in [2.75, 3.05) is 60.5 Å². The molecule has 0 saturated carbocycles. The van der Waals surface area contributed by atoms with Crippen LogP contribution in [0.5, 0.6) is 0 Å². The van der Waals surface area contributed by atoms with Crippen LogP contribution in [0.2, 0.25) is 0 Å². The fourth-order valence-corrected chi connectivity index (χ4v) is 3.71. The molecule has 1 aromatic carbocycles. The average Bonchev–Trinajstić information content (AvgIpc) is 3.19. The monoisotopic (exact) mass is 501 g/mol. The summed E-state index contributed by atoms with van der Waals surface area (Å²) in [6, 6.07) is 8.34. The van der Waals surface area contributed by atoms with Crippen LogP contribution in [-0.4, -0.2) is 93.1 Å². The zero-order valence-corrected chi connectivity index (χ0v) is 19.4. The van der Waals surface area contributed by atoms with Crippen LogP contribution in [0.15, 0.2) is 29.3 Å². The second kappa shape index (κ2) is 11.0. The summed E-state index contributed by atoms with van der Waals surface area (Å²) in [7, 11) is 5.37. The van der Waals surface area contributed by atoms with Crippen LogP contribution in [-0.2, 0) is 11.3 Å². The molecule has 1 amide bonds. The highest BCUT2D eigenvalue weighted by molar-refractivity contribution is 14.0. The Balaban J connectivity index is 0.00000280. The number of halogens is 1. The molecular formula is C20H32IN5O2. The van der Waals surface area contributed by atoms with E-state index in [4.69, 9.17) is 4.74 Å². The SMILES string of the molecule is CN=C(NCc1ccc(C(=O)N(C)C)cc1)N1CCC(N2CCOCC2)C1.I. The second-order valence-corrected chi connectivity index (χ2v) is 7.33. The number of guanidine groups is 1. The van der Waals surface area contributed by atoms with E-state index in [2.05, 4.69) is 20.1 Å². The van der Waals surface area contributed by atoms with Gasteiger partial charge in [0.15, 0.2) is 5.96 Å². The van der Waals surface area contributed by atoms with Gasteiger partial charge in [-0.05, 0) is 24.1 Å². The van der Waals surface area contributed by atoms with Crippen molar-refractivity contribution >= 4 is 35.8 Å². The lowest BCUT2D eigenvalue weighted by Gasteiger charge is -2.32. The van der Waals surface area contributed by atoms with E-state index in [1.165, 1.54) is 6.42 Å². The number of carbonyl (C=O) groups excluding carboxylic acids is 1. The topological polar surface area (TPSA) is 60.4 Å². The zero-order valence-electron chi connectivity index (χ0n) is 17.1. The maximum Gasteiger partial charge on any atom is 0.253 e. The van der Waals surface area contributed by atoms with E-state index < -0.39 is 0 Å². The molecule has 28 heavy (non-hydrogen) atoms. The average molecular weight is 501 g/mol. The maximum atomic E-state index is 12.0. The van der Waals surface area contributed by atoms with Crippen molar-refractivity contribution < 1.29 is 9.53 Å². The molecule has 0 aromatic heterocycles. The van der Waals surface area contributed by atoms with Crippen molar-refractivity contribution in [2.45, 2.75) is 19.0 Å². The van der Waals surface area contributed by atoms with E-state index in [1.807, 2.05) is 31.3 Å². The van der Waals surface area contributed by atoms with Gasteiger partial charge < -0.3 is 19.9 Å². The Morgan fingerprint density at radius 3 is 2.50 bits per heavy atom. The summed E-state index contributed by atoms with van der Waals surface area (Å²) in [5.41, 5.74) is 1.84. The Labute approximate surface area is 185 Å². The molecule has 1 N–H and O–H groups in total. The number of ether oxygens (including phenoxy) is 1. The first-order chi connectivity index (χ1) is 13.1. The number of nitrogens with one attached hydrogen (secondary N) is 1. The molecule has 156 valence electrons. The molecule has 8 heteroatoms. The van der Waals surface area contributed by atoms with Gasteiger partial charge in [-0.15, -0.1) is 24.0 Å². The summed E-state index contributed by atoms with van der Waals surface area (Å²) in [5, 5.41) is 3.46. The lowest BCUT2D eigenvalue weighted by molar-refractivity contribution is 0.0195. The predicted octanol–water partition coefficient (Wildman–Crippen LogP) is 1.49. The van der Waals surface area contributed by atoms with Gasteiger partial charge in [0.1, 0.15) is 0 Å². The van der Waals surface area contributed by atoms with Crippen molar-refractivity contribution in [1.29, 1.82) is 0 Å². The highest BCUT2D eigenvalue weighted by atomic mass is 127. The zero-order chi connectivity index (χ0) is 19.2. The summed E-state index contributed by atoms with van der Waals surface area (Å²) < 4.78 is 5.46. The number of carbonyl (C=O) groups is 1. The van der Waals surface area contributed by atoms with Crippen LogP contribution >= 0.6 is 24.0 Å². The molecule has 2 fully saturated rings. The van der Waals surface area contributed by atoms with Gasteiger partial charge in [-0.1, -0.05) is 12.1 Å². The van der Waals surface area contributed by atoms with Crippen LogP contribution in [0, 0.1) is 0 Å². The minimum atomic E-state index is 0. The number of hydrogen-bond acceptors (Lipinski definition) is 4. The molecule has 0 radical (unpaired) electrons. The van der Waals surface area contributed by atoms with E-state index in [-0.39, 0.29) is 29.9 Å². The summed E-state index contributed by atoms with van der Waals surface area (Å²) in [6.07, 6.45) is 1.17. The quantitative estimate of drug-likeness (QED) is 0.385. The minimum Gasteiger partial charge on any atom is -0.379 e. The predicted molar refractivity (Wildman–Crippen MR) is 122 cm³/mol. The molecular weight excluding hydrogens is 469 g/mol. The lowest BCUT2D eigenvalue weighted by Crippen LogP contribution is -2.46. The van der Waals surface area contributed by atoms with Crippen molar-refractivity contribution in [3.8, 4) is 0 Å². The van der Waals surface area contributed by atoms with Gasteiger partial charge in [-0.3, -0.25) is 14.7 Å². The summed E-state index contributed by atoms with van der Waals surface area (Å²) >= 11 is 0. The first-order valence-corrected chi connectivity index (χ1v) is 9.66. The van der Waals surface area contributed by atoms with E-state index in [9.17, 15) is 4.79 Å². The summed E-state index contributed by atoms with van der Waals surface area (Å²) in [5.74, 6) is 0.968. The number of likely N-dealkylation sites (tertiary alicyclic amines) is 1. The van der Waals surface area contributed by atoms with Crippen LogP contribution in [0.25, 0.3) is 0 Å². The first kappa shape index (κ1) is 22.9. The van der Waals surface area contributed by atoms with E-state index in [1.54, 1.807) is 19.0 Å². The Kier molecular flexibility index (Phi) is 8.97. The van der Waals surface area contributed by atoms with E-state index in [0.717, 1.165) is 50.9 Å². The lowest BCUT2D eigenvalue weighted by atomic mass is 10.1. The molecule has 0 bridgehead atoms. The smallest absolute Gasteiger partial charge is 0.253 e. The summed E-state index contributed by atoms with van der Waals surface area (Å²) in [4.78, 5) is 22.9. The van der Waals surface area contributed by atoms with Crippen LogP contribution in [0.4, 0.5) is 0 Å². The van der Waals surface area contributed by atoms with Gasteiger partial charge in [0.2, 0.25) is 0 Å². The molecule has 2 saturated heterocycles. The molecule has 2 aliphatic rings. The fourth-order valence-electron chi connectivity index (χ4n) is 3.71. The molecule has 0 aliphatic carbocycles. The summed E-state index contributed by atoms with van der Waals surface area (Å²) in [6.45, 7) is 6.48. The highest BCUT2D eigenvalue weighted by Gasteiger charge is 2.30. The number of rotatable bonds is 4. The highest BCUT2D eigenvalue weighted by Crippen LogP contribution is 2.17. The normalized spacial score (nSPS) is 20.6. The number of aliphatic imine (C=N–C) groups is 1. The van der Waals surface area contributed by atoms with Crippen LogP contribution in [0.3, 0.4) is 0 Å². The number of nitrogens with zero attached hydrogens (tertiary/aromatic N) is 4. The Bertz CT molecular complexity index is 659. The fraction of sp³-hybridized carbons (Fsp3) is 0.600. The number of morpholine rings is 1. The van der Waals surface area contributed by atoms with Gasteiger partial charge in [0.05, 0.1) is 13.2 Å². The molecule has 3 rings (SSSR count). The van der Waals surface area contributed by atoms with Crippen molar-refractivity contribution in [2.24, 2.45) is 4.99 Å². The standard InChI is InChI=1S/C20H31N5O2.HI/c1-21-20(25-9-8-18(15-25)24-10-12-27-13-11-24)22-14-16-4-6-17(7-5-16)19(26)23(2)3;/h4-7,18H,8-15H2,1-3H3,(H,21,22);1H. The van der Waals surface area contributed by atoms with Crippen LogP contribution in [0.1, 0.15) is 22.3 Å². The van der Waals surface area contributed by atoms with Gasteiger partial charge in [-0.25, -0.2) is 0 Å². The van der Waals surface area contributed by atoms with E-state index >= 15 is 0 Å². The number of amides is 1. The molecule has 1 unspecified atom stereocenters. The minimum absolute atomic E-state index is 0. The van der Waals surface area contributed by atoms with Crippen molar-refractivity contribution in [1.82, 2.24) is 20.0 Å². The maximum absolute atomic E-state index is 12.0. The van der Waals surface area contributed by atoms with Crippen molar-refractivity contribution in [3.63, 3.8) is 0 Å². The molecule has 2 heterocycles. The Morgan fingerprint density at radius 1 is 1.21 bits per heavy atom. The largest absolute Gasteiger partial charge is 0.379 e. The molecule has 0 spiro atoms. The third-order valence-corrected chi connectivity index (χ3v) is 5.29. The molecule has 7 nitrogen and oxygen atoms in total. The van der Waals surface area contributed by atoms with E-state index in [0.29, 0.717) is 18.2 Å². The van der Waals surface area contributed by atoms with Gasteiger partial charge in [0, 0.05) is 65.5 Å². The third-order valence-electron chi connectivity index (χ3n) is 5.29. The van der Waals surface area contributed by atoms with Crippen molar-refractivity contribution in [3.05, 3.63) is 35.4 Å². The Morgan fingerprint density at radius 2 is 1.89 bits per heavy atom. The van der Waals surface area contributed by atoms with Gasteiger partial charge in [-0.2, -0.15) is 0 Å². The van der Waals surface area contributed by atoms with Gasteiger partial charge in [0.25, 0.3) is 5.91 Å².